The first-order chi connectivity index (χ1) is 9.65. The minimum atomic E-state index is 0.212. The molecule has 0 aromatic heterocycles. The summed E-state index contributed by atoms with van der Waals surface area (Å²) in [7, 11) is 2.20. The standard InChI is InChI=1S/C16H23N3O/c1-18-13-6-7-14(18)11-19(9-8-13)16(20)10-12-4-2-3-5-15(12)17/h2-5,13-14H,6-11,17H2,1H3. The Hall–Kier alpha value is -1.55. The van der Waals surface area contributed by atoms with Gasteiger partial charge in [-0.1, -0.05) is 18.2 Å². The molecular formula is C16H23N3O. The van der Waals surface area contributed by atoms with Crippen molar-refractivity contribution >= 4 is 11.6 Å². The number of nitrogens with two attached hydrogens (primary N) is 1. The summed E-state index contributed by atoms with van der Waals surface area (Å²) in [6, 6.07) is 8.86. The number of anilines is 1. The van der Waals surface area contributed by atoms with E-state index in [0.29, 0.717) is 24.2 Å². The topological polar surface area (TPSA) is 49.6 Å². The minimum Gasteiger partial charge on any atom is -0.398 e. The molecule has 3 rings (SSSR count). The zero-order valence-electron chi connectivity index (χ0n) is 12.1. The quantitative estimate of drug-likeness (QED) is 0.831. The van der Waals surface area contributed by atoms with Crippen LogP contribution in [0.4, 0.5) is 5.69 Å². The third-order valence-electron chi connectivity index (χ3n) is 4.90. The van der Waals surface area contributed by atoms with Crippen LogP contribution in [0.1, 0.15) is 24.8 Å². The molecule has 2 atom stereocenters. The second kappa shape index (κ2) is 5.44. The summed E-state index contributed by atoms with van der Waals surface area (Å²) in [5.74, 6) is 0.212. The molecule has 2 N–H and O–H groups in total. The zero-order valence-corrected chi connectivity index (χ0v) is 12.1. The highest BCUT2D eigenvalue weighted by Crippen LogP contribution is 2.28. The normalized spacial score (nSPS) is 26.6. The average Bonchev–Trinajstić information content (AvgIpc) is 2.66. The monoisotopic (exact) mass is 273 g/mol. The Bertz CT molecular complexity index is 502. The van der Waals surface area contributed by atoms with Gasteiger partial charge >= 0.3 is 0 Å². The second-order valence-corrected chi connectivity index (χ2v) is 6.05. The third kappa shape index (κ3) is 2.52. The summed E-state index contributed by atoms with van der Waals surface area (Å²) in [5.41, 5.74) is 7.59. The highest BCUT2D eigenvalue weighted by molar-refractivity contribution is 5.80. The van der Waals surface area contributed by atoms with Crippen molar-refractivity contribution in [3.63, 3.8) is 0 Å². The van der Waals surface area contributed by atoms with Crippen LogP contribution >= 0.6 is 0 Å². The second-order valence-electron chi connectivity index (χ2n) is 6.05. The summed E-state index contributed by atoms with van der Waals surface area (Å²) >= 11 is 0. The Balaban J connectivity index is 1.67. The Morgan fingerprint density at radius 3 is 2.80 bits per heavy atom. The first kappa shape index (κ1) is 13.4. The summed E-state index contributed by atoms with van der Waals surface area (Å²) in [4.78, 5) is 17.0. The van der Waals surface area contributed by atoms with Crippen LogP contribution in [0.2, 0.25) is 0 Å². The molecule has 1 aromatic carbocycles. The van der Waals surface area contributed by atoms with Gasteiger partial charge in [-0.05, 0) is 37.9 Å². The van der Waals surface area contributed by atoms with E-state index in [4.69, 9.17) is 5.73 Å². The Kier molecular flexibility index (Phi) is 3.66. The van der Waals surface area contributed by atoms with E-state index in [1.165, 1.54) is 12.8 Å². The molecule has 1 amide bonds. The molecule has 0 aliphatic carbocycles. The molecule has 2 aliphatic rings. The lowest BCUT2D eigenvalue weighted by atomic mass is 10.1. The molecule has 2 bridgehead atoms. The van der Waals surface area contributed by atoms with E-state index in [2.05, 4.69) is 11.9 Å². The molecule has 20 heavy (non-hydrogen) atoms. The smallest absolute Gasteiger partial charge is 0.227 e. The molecule has 2 unspecified atom stereocenters. The fraction of sp³-hybridized carbons (Fsp3) is 0.562. The SMILES string of the molecule is CN1C2CCC1CN(C(=O)Cc1ccccc1N)CC2. The van der Waals surface area contributed by atoms with Gasteiger partial charge in [-0.2, -0.15) is 0 Å². The molecule has 0 saturated carbocycles. The van der Waals surface area contributed by atoms with Gasteiger partial charge in [0, 0.05) is 30.9 Å². The largest absolute Gasteiger partial charge is 0.398 e. The number of fused-ring (bicyclic) bond motifs is 2. The van der Waals surface area contributed by atoms with Gasteiger partial charge in [0.25, 0.3) is 0 Å². The molecule has 0 radical (unpaired) electrons. The van der Waals surface area contributed by atoms with Gasteiger partial charge in [-0.25, -0.2) is 0 Å². The van der Waals surface area contributed by atoms with E-state index in [9.17, 15) is 4.79 Å². The number of amides is 1. The van der Waals surface area contributed by atoms with Crippen molar-refractivity contribution in [2.45, 2.75) is 37.8 Å². The van der Waals surface area contributed by atoms with Crippen molar-refractivity contribution in [3.8, 4) is 0 Å². The molecule has 4 nitrogen and oxygen atoms in total. The van der Waals surface area contributed by atoms with Gasteiger partial charge in [0.05, 0.1) is 6.42 Å². The predicted octanol–water partition coefficient (Wildman–Crippen LogP) is 1.51. The molecule has 2 saturated heterocycles. The van der Waals surface area contributed by atoms with Crippen molar-refractivity contribution in [3.05, 3.63) is 29.8 Å². The fourth-order valence-electron chi connectivity index (χ4n) is 3.51. The van der Waals surface area contributed by atoms with E-state index < -0.39 is 0 Å². The van der Waals surface area contributed by atoms with Crippen LogP contribution in [0.5, 0.6) is 0 Å². The van der Waals surface area contributed by atoms with Gasteiger partial charge in [-0.3, -0.25) is 9.69 Å². The van der Waals surface area contributed by atoms with Crippen LogP contribution in [-0.2, 0) is 11.2 Å². The molecule has 0 spiro atoms. The number of likely N-dealkylation sites (N-methyl/N-ethyl adjacent to an activating group) is 1. The maximum atomic E-state index is 12.5. The van der Waals surface area contributed by atoms with Crippen LogP contribution in [0.3, 0.4) is 0 Å². The van der Waals surface area contributed by atoms with Gasteiger partial charge in [0.1, 0.15) is 0 Å². The van der Waals surface area contributed by atoms with Crippen molar-refractivity contribution in [2.24, 2.45) is 0 Å². The van der Waals surface area contributed by atoms with Gasteiger partial charge in [0.15, 0.2) is 0 Å². The number of carbonyl (C=O) groups excluding carboxylic acids is 1. The number of rotatable bonds is 2. The third-order valence-corrected chi connectivity index (χ3v) is 4.90. The fourth-order valence-corrected chi connectivity index (χ4v) is 3.51. The molecule has 2 heterocycles. The number of nitrogens with zero attached hydrogens (tertiary/aromatic N) is 2. The summed E-state index contributed by atoms with van der Waals surface area (Å²) in [5, 5.41) is 0. The number of carbonyl (C=O) groups is 1. The van der Waals surface area contributed by atoms with Crippen molar-refractivity contribution in [1.82, 2.24) is 9.80 Å². The van der Waals surface area contributed by atoms with Gasteiger partial charge < -0.3 is 10.6 Å². The van der Waals surface area contributed by atoms with E-state index in [1.807, 2.05) is 29.2 Å². The lowest BCUT2D eigenvalue weighted by Gasteiger charge is -2.26. The molecule has 4 heteroatoms. The Labute approximate surface area is 120 Å². The number of hydrogen-bond acceptors (Lipinski definition) is 3. The van der Waals surface area contributed by atoms with Crippen LogP contribution < -0.4 is 5.73 Å². The number of para-hydroxylation sites is 1. The first-order valence-corrected chi connectivity index (χ1v) is 7.48. The summed E-state index contributed by atoms with van der Waals surface area (Å²) in [6.45, 7) is 1.76. The lowest BCUT2D eigenvalue weighted by Crippen LogP contribution is -2.40. The van der Waals surface area contributed by atoms with Crippen molar-refractivity contribution in [1.29, 1.82) is 0 Å². The number of benzene rings is 1. The molecular weight excluding hydrogens is 250 g/mol. The van der Waals surface area contributed by atoms with Crippen LogP contribution in [0.25, 0.3) is 0 Å². The van der Waals surface area contributed by atoms with Crippen LogP contribution in [0, 0.1) is 0 Å². The summed E-state index contributed by atoms with van der Waals surface area (Å²) < 4.78 is 0. The van der Waals surface area contributed by atoms with Crippen LogP contribution in [-0.4, -0.2) is 47.9 Å². The van der Waals surface area contributed by atoms with Crippen LogP contribution in [0.15, 0.2) is 24.3 Å². The molecule has 2 aliphatic heterocycles. The molecule has 108 valence electrons. The van der Waals surface area contributed by atoms with E-state index in [0.717, 1.165) is 25.1 Å². The Morgan fingerprint density at radius 2 is 2.00 bits per heavy atom. The molecule has 2 fully saturated rings. The van der Waals surface area contributed by atoms with Gasteiger partial charge in [-0.15, -0.1) is 0 Å². The van der Waals surface area contributed by atoms with E-state index in [1.54, 1.807) is 0 Å². The predicted molar refractivity (Wildman–Crippen MR) is 80.3 cm³/mol. The maximum absolute atomic E-state index is 12.5. The highest BCUT2D eigenvalue weighted by Gasteiger charge is 2.35. The zero-order chi connectivity index (χ0) is 14.1. The van der Waals surface area contributed by atoms with E-state index in [-0.39, 0.29) is 5.91 Å². The molecule has 1 aromatic rings. The maximum Gasteiger partial charge on any atom is 0.227 e. The Morgan fingerprint density at radius 1 is 1.25 bits per heavy atom. The average molecular weight is 273 g/mol. The lowest BCUT2D eigenvalue weighted by molar-refractivity contribution is -0.130. The van der Waals surface area contributed by atoms with Gasteiger partial charge in [0.2, 0.25) is 5.91 Å². The van der Waals surface area contributed by atoms with Crippen molar-refractivity contribution in [2.75, 3.05) is 25.9 Å². The summed E-state index contributed by atoms with van der Waals surface area (Å²) in [6.07, 6.45) is 4.03. The van der Waals surface area contributed by atoms with E-state index >= 15 is 0 Å². The minimum absolute atomic E-state index is 0.212. The first-order valence-electron chi connectivity index (χ1n) is 7.48. The number of hydrogen-bond donors (Lipinski definition) is 1. The van der Waals surface area contributed by atoms with Crippen molar-refractivity contribution < 1.29 is 4.79 Å². The number of likely N-dealkylation sites (tertiary alicyclic amines) is 1. The number of nitrogen functional groups attached to an aromatic ring is 1. The highest BCUT2D eigenvalue weighted by atomic mass is 16.2.